The summed E-state index contributed by atoms with van der Waals surface area (Å²) < 4.78 is 0. The van der Waals surface area contributed by atoms with Crippen molar-refractivity contribution in [1.29, 1.82) is 0 Å². The molecule has 2 aromatic rings. The van der Waals surface area contributed by atoms with Crippen molar-refractivity contribution >= 4 is 34.0 Å². The number of carbonyl (C=O) groups is 2. The van der Waals surface area contributed by atoms with Crippen LogP contribution in [0.3, 0.4) is 0 Å². The molecule has 2 atom stereocenters. The number of benzene rings is 1. The number of likely N-dealkylation sites (tertiary alicyclic amines) is 1. The SMILES string of the molecule is CC(=O)N(c1nc(C[NH+]2CCC[C@@H](C(N)=O)C2)cs1)c1cccc(C)c1C. The minimum absolute atomic E-state index is 0.0458. The third-order valence-corrected chi connectivity index (χ3v) is 6.19. The molecule has 1 unspecified atom stereocenters. The molecule has 1 saturated heterocycles. The van der Waals surface area contributed by atoms with Crippen LogP contribution >= 0.6 is 11.3 Å². The first-order valence-electron chi connectivity index (χ1n) is 9.31. The largest absolute Gasteiger partial charge is 0.369 e. The molecule has 0 aliphatic carbocycles. The van der Waals surface area contributed by atoms with E-state index in [4.69, 9.17) is 10.7 Å². The third-order valence-electron chi connectivity index (χ3n) is 5.31. The van der Waals surface area contributed by atoms with Gasteiger partial charge in [0.1, 0.15) is 12.2 Å². The van der Waals surface area contributed by atoms with Gasteiger partial charge in [-0.3, -0.25) is 14.5 Å². The summed E-state index contributed by atoms with van der Waals surface area (Å²) in [6, 6.07) is 5.96. The Labute approximate surface area is 164 Å². The van der Waals surface area contributed by atoms with Crippen molar-refractivity contribution in [2.75, 3.05) is 18.0 Å². The molecule has 0 bridgehead atoms. The van der Waals surface area contributed by atoms with Gasteiger partial charge in [-0.2, -0.15) is 0 Å². The van der Waals surface area contributed by atoms with Crippen molar-refractivity contribution < 1.29 is 14.5 Å². The van der Waals surface area contributed by atoms with E-state index >= 15 is 0 Å². The van der Waals surface area contributed by atoms with Gasteiger partial charge in [-0.25, -0.2) is 4.98 Å². The molecular weight excluding hydrogens is 360 g/mol. The summed E-state index contributed by atoms with van der Waals surface area (Å²) in [6.07, 6.45) is 1.88. The van der Waals surface area contributed by atoms with E-state index < -0.39 is 0 Å². The van der Waals surface area contributed by atoms with E-state index in [9.17, 15) is 9.59 Å². The van der Waals surface area contributed by atoms with Gasteiger partial charge in [0.25, 0.3) is 0 Å². The minimum atomic E-state index is -0.205. The van der Waals surface area contributed by atoms with Crippen LogP contribution in [0.5, 0.6) is 0 Å². The first-order valence-corrected chi connectivity index (χ1v) is 10.2. The molecule has 6 nitrogen and oxygen atoms in total. The van der Waals surface area contributed by atoms with Crippen LogP contribution in [-0.4, -0.2) is 29.9 Å². The van der Waals surface area contributed by atoms with Gasteiger partial charge in [0.05, 0.1) is 24.7 Å². The Balaban J connectivity index is 1.79. The highest BCUT2D eigenvalue weighted by Crippen LogP contribution is 2.32. The molecule has 0 spiro atoms. The fourth-order valence-electron chi connectivity index (χ4n) is 3.68. The minimum Gasteiger partial charge on any atom is -0.369 e. The molecular formula is C20H27N4O2S+. The molecule has 1 aromatic heterocycles. The van der Waals surface area contributed by atoms with Crippen molar-refractivity contribution in [3.8, 4) is 0 Å². The van der Waals surface area contributed by atoms with Gasteiger partial charge in [-0.1, -0.05) is 12.1 Å². The van der Waals surface area contributed by atoms with Crippen molar-refractivity contribution in [2.45, 2.75) is 40.2 Å². The van der Waals surface area contributed by atoms with Crippen molar-refractivity contribution in [2.24, 2.45) is 11.7 Å². The Hall–Kier alpha value is -2.25. The van der Waals surface area contributed by atoms with Crippen LogP contribution in [-0.2, 0) is 16.1 Å². The number of primary amides is 1. The zero-order chi connectivity index (χ0) is 19.6. The summed E-state index contributed by atoms with van der Waals surface area (Å²) >= 11 is 1.48. The number of nitrogens with two attached hydrogens (primary N) is 1. The second-order valence-corrected chi connectivity index (χ2v) is 8.15. The number of carbonyl (C=O) groups excluding carboxylic acids is 2. The third kappa shape index (κ3) is 4.36. The topological polar surface area (TPSA) is 80.7 Å². The van der Waals surface area contributed by atoms with Gasteiger partial charge in [-0.15, -0.1) is 11.3 Å². The molecule has 1 aliphatic rings. The Morgan fingerprint density at radius 1 is 1.37 bits per heavy atom. The molecule has 144 valence electrons. The molecule has 3 N–H and O–H groups in total. The van der Waals surface area contributed by atoms with E-state index in [0.29, 0.717) is 5.13 Å². The van der Waals surface area contributed by atoms with Crippen LogP contribution in [0.25, 0.3) is 0 Å². The number of amides is 2. The highest BCUT2D eigenvalue weighted by atomic mass is 32.1. The molecule has 1 fully saturated rings. The first-order chi connectivity index (χ1) is 12.9. The summed E-state index contributed by atoms with van der Waals surface area (Å²) in [5.41, 5.74) is 9.53. The highest BCUT2D eigenvalue weighted by molar-refractivity contribution is 7.14. The van der Waals surface area contributed by atoms with E-state index in [1.807, 2.05) is 37.4 Å². The first kappa shape index (κ1) is 19.5. The number of aromatic nitrogens is 1. The summed E-state index contributed by atoms with van der Waals surface area (Å²) in [4.78, 5) is 31.6. The van der Waals surface area contributed by atoms with E-state index in [-0.39, 0.29) is 17.7 Å². The molecule has 3 rings (SSSR count). The number of quaternary nitrogens is 1. The van der Waals surface area contributed by atoms with Gasteiger partial charge in [0.15, 0.2) is 5.13 Å². The number of thiazole rings is 1. The second-order valence-electron chi connectivity index (χ2n) is 7.32. The molecule has 7 heteroatoms. The fourth-order valence-corrected chi connectivity index (χ4v) is 4.56. The van der Waals surface area contributed by atoms with Crippen LogP contribution in [0.4, 0.5) is 10.8 Å². The highest BCUT2D eigenvalue weighted by Gasteiger charge is 2.28. The molecule has 2 amide bonds. The quantitative estimate of drug-likeness (QED) is 0.820. The lowest BCUT2D eigenvalue weighted by Gasteiger charge is -2.27. The molecule has 2 heterocycles. The number of nitrogens with zero attached hydrogens (tertiary/aromatic N) is 2. The van der Waals surface area contributed by atoms with Gasteiger partial charge >= 0.3 is 0 Å². The lowest BCUT2D eigenvalue weighted by Crippen LogP contribution is -3.12. The number of hydrogen-bond donors (Lipinski definition) is 2. The maximum absolute atomic E-state index is 12.4. The van der Waals surface area contributed by atoms with Crippen molar-refractivity contribution in [1.82, 2.24) is 4.98 Å². The number of hydrogen-bond acceptors (Lipinski definition) is 4. The predicted octanol–water partition coefficient (Wildman–Crippen LogP) is 1.72. The summed E-state index contributed by atoms with van der Waals surface area (Å²) in [5, 5.41) is 2.70. The lowest BCUT2D eigenvalue weighted by molar-refractivity contribution is -0.921. The van der Waals surface area contributed by atoms with E-state index in [1.165, 1.54) is 16.2 Å². The number of piperidine rings is 1. The van der Waals surface area contributed by atoms with E-state index in [0.717, 1.165) is 55.0 Å². The zero-order valence-corrected chi connectivity index (χ0v) is 16.9. The number of rotatable bonds is 5. The maximum atomic E-state index is 12.4. The molecule has 0 radical (unpaired) electrons. The van der Waals surface area contributed by atoms with Gasteiger partial charge in [0.2, 0.25) is 11.8 Å². The monoisotopic (exact) mass is 387 g/mol. The van der Waals surface area contributed by atoms with Crippen LogP contribution in [0.1, 0.15) is 36.6 Å². The molecule has 27 heavy (non-hydrogen) atoms. The van der Waals surface area contributed by atoms with Crippen molar-refractivity contribution in [3.05, 3.63) is 40.4 Å². The van der Waals surface area contributed by atoms with Crippen LogP contribution in [0.15, 0.2) is 23.6 Å². The predicted molar refractivity (Wildman–Crippen MR) is 107 cm³/mol. The second kappa shape index (κ2) is 8.19. The van der Waals surface area contributed by atoms with Crippen LogP contribution in [0, 0.1) is 19.8 Å². The summed E-state index contributed by atoms with van der Waals surface area (Å²) in [6.45, 7) is 8.16. The number of nitrogens with one attached hydrogen (secondary N) is 1. The number of anilines is 2. The van der Waals surface area contributed by atoms with Gasteiger partial charge in [-0.05, 0) is 43.9 Å². The Bertz CT molecular complexity index is 848. The molecule has 1 aliphatic heterocycles. The fraction of sp³-hybridized carbons (Fsp3) is 0.450. The standard InChI is InChI=1S/C20H26N4O2S/c1-13-6-4-8-18(14(13)2)24(15(3)25)20-22-17(12-27-20)11-23-9-5-7-16(10-23)19(21)26/h4,6,8,12,16H,5,7,9-11H2,1-3H3,(H2,21,26)/p+1/t16-/m1/s1. The van der Waals surface area contributed by atoms with Crippen LogP contribution in [0.2, 0.25) is 0 Å². The van der Waals surface area contributed by atoms with E-state index in [2.05, 4.69) is 0 Å². The number of aryl methyl sites for hydroxylation is 1. The van der Waals surface area contributed by atoms with Crippen molar-refractivity contribution in [3.63, 3.8) is 0 Å². The average Bonchev–Trinajstić information content (AvgIpc) is 3.06. The maximum Gasteiger partial charge on any atom is 0.230 e. The smallest absolute Gasteiger partial charge is 0.230 e. The molecule has 0 saturated carbocycles. The zero-order valence-electron chi connectivity index (χ0n) is 16.1. The average molecular weight is 388 g/mol. The van der Waals surface area contributed by atoms with Gasteiger partial charge < -0.3 is 10.6 Å². The Morgan fingerprint density at radius 2 is 2.15 bits per heavy atom. The van der Waals surface area contributed by atoms with Crippen LogP contribution < -0.4 is 15.5 Å². The molecule has 1 aromatic carbocycles. The summed E-state index contributed by atoms with van der Waals surface area (Å²) in [5.74, 6) is -0.303. The van der Waals surface area contributed by atoms with E-state index in [1.54, 1.807) is 11.8 Å². The lowest BCUT2D eigenvalue weighted by atomic mass is 9.97. The normalized spacial score (nSPS) is 19.7. The Kier molecular flexibility index (Phi) is 5.92. The summed E-state index contributed by atoms with van der Waals surface area (Å²) in [7, 11) is 0. The van der Waals surface area contributed by atoms with Gasteiger partial charge in [0, 0.05) is 12.3 Å². The Morgan fingerprint density at radius 3 is 2.85 bits per heavy atom.